The van der Waals surface area contributed by atoms with Gasteiger partial charge in [-0.15, -0.1) is 0 Å². The van der Waals surface area contributed by atoms with E-state index < -0.39 is 5.97 Å². The van der Waals surface area contributed by atoms with Crippen LogP contribution in [0.1, 0.15) is 42.2 Å². The molecule has 1 heterocycles. The van der Waals surface area contributed by atoms with E-state index in [1.165, 1.54) is 6.07 Å². The highest BCUT2D eigenvalue weighted by molar-refractivity contribution is 6.21. The number of benzene rings is 3. The lowest BCUT2D eigenvalue weighted by molar-refractivity contribution is 0.0641. The summed E-state index contributed by atoms with van der Waals surface area (Å²) in [6.07, 6.45) is 0. The number of carboxylic acid groups (broad SMARTS) is 1. The summed E-state index contributed by atoms with van der Waals surface area (Å²) >= 11 is 0. The molecular weight excluding hydrogens is 354 g/mol. The number of nitrogens with zero attached hydrogens (tertiary/aromatic N) is 1. The fourth-order valence-electron chi connectivity index (χ4n) is 3.38. The number of amides is 2. The van der Waals surface area contributed by atoms with E-state index >= 15 is 0 Å². The largest absolute Gasteiger partial charge is 0.478 e. The molecule has 3 aromatic carbocycles. The Morgan fingerprint density at radius 2 is 1.46 bits per heavy atom. The summed E-state index contributed by atoms with van der Waals surface area (Å²) in [6.45, 7) is 2.00. The zero-order valence-electron chi connectivity index (χ0n) is 15.2. The number of carbonyl (C=O) groups is 3. The van der Waals surface area contributed by atoms with Crippen LogP contribution in [0, 0.1) is 6.92 Å². The zero-order valence-corrected chi connectivity index (χ0v) is 15.2. The van der Waals surface area contributed by atoms with E-state index in [2.05, 4.69) is 0 Å². The van der Waals surface area contributed by atoms with Crippen LogP contribution in [0.2, 0.25) is 0 Å². The summed E-state index contributed by atoms with van der Waals surface area (Å²) in [4.78, 5) is 38.0. The van der Waals surface area contributed by atoms with Crippen LogP contribution in [0.3, 0.4) is 0 Å². The first-order chi connectivity index (χ1) is 13.4. The summed E-state index contributed by atoms with van der Waals surface area (Å²) in [5.74, 6) is -1.78. The van der Waals surface area contributed by atoms with Crippen molar-refractivity contribution in [3.05, 3.63) is 94.5 Å². The normalized spacial score (nSPS) is 13.0. The van der Waals surface area contributed by atoms with Crippen LogP contribution < -0.4 is 0 Å². The number of fused-ring (bicyclic) bond motifs is 1. The molecule has 1 aliphatic rings. The first-order valence-corrected chi connectivity index (χ1v) is 8.83. The van der Waals surface area contributed by atoms with E-state index in [9.17, 15) is 19.5 Å². The Balaban J connectivity index is 1.72. The fourth-order valence-corrected chi connectivity index (χ4v) is 3.38. The number of carboxylic acids is 1. The van der Waals surface area contributed by atoms with Gasteiger partial charge in [-0.1, -0.05) is 42.0 Å². The van der Waals surface area contributed by atoms with E-state index in [4.69, 9.17) is 0 Å². The minimum Gasteiger partial charge on any atom is -0.478 e. The molecule has 0 saturated heterocycles. The molecule has 3 aromatic rings. The van der Waals surface area contributed by atoms with E-state index in [0.29, 0.717) is 16.7 Å². The Labute approximate surface area is 161 Å². The maximum atomic E-state index is 12.6. The first kappa shape index (κ1) is 17.7. The van der Waals surface area contributed by atoms with Crippen molar-refractivity contribution in [2.75, 3.05) is 0 Å². The molecule has 0 atom stereocenters. The lowest BCUT2D eigenvalue weighted by atomic mass is 9.98. The third kappa shape index (κ3) is 3.07. The van der Waals surface area contributed by atoms with Gasteiger partial charge in [-0.2, -0.15) is 0 Å². The summed E-state index contributed by atoms with van der Waals surface area (Å²) in [6, 6.07) is 19.3. The van der Waals surface area contributed by atoms with Gasteiger partial charge < -0.3 is 5.11 Å². The van der Waals surface area contributed by atoms with Gasteiger partial charge in [0.1, 0.15) is 0 Å². The highest BCUT2D eigenvalue weighted by Crippen LogP contribution is 2.27. The number of hydrogen-bond donors (Lipinski definition) is 1. The average Bonchev–Trinajstić information content (AvgIpc) is 2.93. The molecule has 5 heteroatoms. The molecule has 28 heavy (non-hydrogen) atoms. The fraction of sp³-hybridized carbons (Fsp3) is 0.0870. The van der Waals surface area contributed by atoms with Crippen molar-refractivity contribution in [1.82, 2.24) is 4.90 Å². The molecule has 4 rings (SSSR count). The topological polar surface area (TPSA) is 74.7 Å². The lowest BCUT2D eigenvalue weighted by Gasteiger charge is -2.15. The minimum absolute atomic E-state index is 0.0202. The number of carbonyl (C=O) groups excluding carboxylic acids is 2. The van der Waals surface area contributed by atoms with Crippen molar-refractivity contribution in [2.24, 2.45) is 0 Å². The molecule has 138 valence electrons. The Morgan fingerprint density at radius 1 is 0.857 bits per heavy atom. The standard InChI is InChI=1S/C23H17NO4/c1-14-6-8-16(9-7-14)17-10-15(11-18(12-17)23(27)28)13-24-21(25)19-4-2-3-5-20(19)22(24)26/h2-12H,13H2,1H3,(H,27,28). The van der Waals surface area contributed by atoms with Crippen molar-refractivity contribution in [2.45, 2.75) is 13.5 Å². The predicted octanol–water partition coefficient (Wildman–Crippen LogP) is 4.16. The molecule has 0 spiro atoms. The summed E-state index contributed by atoms with van der Waals surface area (Å²) in [5, 5.41) is 9.48. The Hall–Kier alpha value is -3.73. The van der Waals surface area contributed by atoms with Gasteiger partial charge in [-0.05, 0) is 53.9 Å². The Kier molecular flexibility index (Phi) is 4.28. The van der Waals surface area contributed by atoms with E-state index in [1.807, 2.05) is 37.3 Å². The SMILES string of the molecule is Cc1ccc(-c2cc(CN3C(=O)c4ccccc4C3=O)cc(C(=O)O)c2)cc1. The van der Waals surface area contributed by atoms with Gasteiger partial charge in [-0.25, -0.2) is 4.79 Å². The molecule has 1 aliphatic heterocycles. The van der Waals surface area contributed by atoms with Crippen LogP contribution >= 0.6 is 0 Å². The molecule has 1 N–H and O–H groups in total. The molecule has 0 saturated carbocycles. The van der Waals surface area contributed by atoms with Gasteiger partial charge in [0, 0.05) is 0 Å². The van der Waals surface area contributed by atoms with Crippen molar-refractivity contribution in [3.8, 4) is 11.1 Å². The van der Waals surface area contributed by atoms with Crippen molar-refractivity contribution in [3.63, 3.8) is 0 Å². The summed E-state index contributed by atoms with van der Waals surface area (Å²) in [5.41, 5.74) is 4.16. The molecule has 0 radical (unpaired) electrons. The van der Waals surface area contributed by atoms with Crippen LogP contribution in [0.25, 0.3) is 11.1 Å². The predicted molar refractivity (Wildman–Crippen MR) is 104 cm³/mol. The van der Waals surface area contributed by atoms with Crippen LogP contribution in [-0.2, 0) is 6.54 Å². The number of rotatable bonds is 4. The Bertz CT molecular complexity index is 1080. The van der Waals surface area contributed by atoms with Crippen molar-refractivity contribution >= 4 is 17.8 Å². The quantitative estimate of drug-likeness (QED) is 0.699. The number of aryl methyl sites for hydroxylation is 1. The molecular formula is C23H17NO4. The Morgan fingerprint density at radius 3 is 2.04 bits per heavy atom. The average molecular weight is 371 g/mol. The highest BCUT2D eigenvalue weighted by Gasteiger charge is 2.35. The lowest BCUT2D eigenvalue weighted by Crippen LogP contribution is -2.29. The van der Waals surface area contributed by atoms with E-state index in [0.717, 1.165) is 21.6 Å². The number of imide groups is 1. The minimum atomic E-state index is -1.06. The molecule has 0 bridgehead atoms. The number of aromatic carboxylic acids is 1. The molecule has 0 fully saturated rings. The molecule has 0 aromatic heterocycles. The van der Waals surface area contributed by atoms with Gasteiger partial charge in [-0.3, -0.25) is 14.5 Å². The van der Waals surface area contributed by atoms with Gasteiger partial charge in [0.2, 0.25) is 0 Å². The molecule has 5 nitrogen and oxygen atoms in total. The zero-order chi connectivity index (χ0) is 19.8. The molecule has 0 unspecified atom stereocenters. The second-order valence-corrected chi connectivity index (χ2v) is 6.83. The third-order valence-corrected chi connectivity index (χ3v) is 4.84. The summed E-state index contributed by atoms with van der Waals surface area (Å²) < 4.78 is 0. The van der Waals surface area contributed by atoms with E-state index in [-0.39, 0.29) is 23.9 Å². The van der Waals surface area contributed by atoms with Crippen molar-refractivity contribution < 1.29 is 19.5 Å². The molecule has 0 aliphatic carbocycles. The van der Waals surface area contributed by atoms with E-state index in [1.54, 1.807) is 30.3 Å². The van der Waals surface area contributed by atoms with Gasteiger partial charge >= 0.3 is 5.97 Å². The smallest absolute Gasteiger partial charge is 0.335 e. The van der Waals surface area contributed by atoms with Gasteiger partial charge in [0.25, 0.3) is 11.8 Å². The summed E-state index contributed by atoms with van der Waals surface area (Å²) in [7, 11) is 0. The maximum absolute atomic E-state index is 12.6. The first-order valence-electron chi connectivity index (χ1n) is 8.83. The van der Waals surface area contributed by atoms with Gasteiger partial charge in [0.05, 0.1) is 23.2 Å². The maximum Gasteiger partial charge on any atom is 0.335 e. The second kappa shape index (κ2) is 6.78. The van der Waals surface area contributed by atoms with Crippen LogP contribution in [0.15, 0.2) is 66.7 Å². The third-order valence-electron chi connectivity index (χ3n) is 4.84. The highest BCUT2D eigenvalue weighted by atomic mass is 16.4. The molecule has 2 amide bonds. The van der Waals surface area contributed by atoms with Crippen LogP contribution in [0.4, 0.5) is 0 Å². The second-order valence-electron chi connectivity index (χ2n) is 6.83. The van der Waals surface area contributed by atoms with Crippen LogP contribution in [0.5, 0.6) is 0 Å². The number of hydrogen-bond acceptors (Lipinski definition) is 3. The van der Waals surface area contributed by atoms with Crippen molar-refractivity contribution in [1.29, 1.82) is 0 Å². The van der Waals surface area contributed by atoms with Gasteiger partial charge in [0.15, 0.2) is 0 Å². The monoisotopic (exact) mass is 371 g/mol. The van der Waals surface area contributed by atoms with Crippen LogP contribution in [-0.4, -0.2) is 27.8 Å².